The molecule has 9 heteroatoms. The summed E-state index contributed by atoms with van der Waals surface area (Å²) in [5.41, 5.74) is 0. The van der Waals surface area contributed by atoms with Gasteiger partial charge in [0.2, 0.25) is 5.03 Å². The third kappa shape index (κ3) is 3.15. The highest BCUT2D eigenvalue weighted by molar-refractivity contribution is 9.10. The van der Waals surface area contributed by atoms with E-state index >= 15 is 0 Å². The van der Waals surface area contributed by atoms with Gasteiger partial charge in [-0.15, -0.1) is 5.10 Å². The SMILES string of the molecule is Cn1nnc(Br)c1S(=O)(=O)N(CC1CCCCN1)C1CC1. The van der Waals surface area contributed by atoms with Crippen LogP contribution < -0.4 is 5.32 Å². The zero-order chi connectivity index (χ0) is 15.0. The van der Waals surface area contributed by atoms with Crippen molar-refractivity contribution in [3.63, 3.8) is 0 Å². The number of sulfonamides is 1. The Hall–Kier alpha value is -0.510. The first kappa shape index (κ1) is 15.4. The van der Waals surface area contributed by atoms with E-state index in [1.165, 1.54) is 11.1 Å². The Morgan fingerprint density at radius 1 is 1.38 bits per heavy atom. The largest absolute Gasteiger partial charge is 0.313 e. The van der Waals surface area contributed by atoms with E-state index in [4.69, 9.17) is 0 Å². The minimum absolute atomic E-state index is 0.125. The fraction of sp³-hybridized carbons (Fsp3) is 0.833. The van der Waals surface area contributed by atoms with Crippen LogP contribution >= 0.6 is 15.9 Å². The molecule has 1 saturated carbocycles. The molecule has 2 aliphatic rings. The van der Waals surface area contributed by atoms with E-state index in [0.29, 0.717) is 6.54 Å². The number of hydrogen-bond donors (Lipinski definition) is 1. The molecule has 0 spiro atoms. The minimum Gasteiger partial charge on any atom is -0.313 e. The molecular formula is C12H20BrN5O2S. The maximum absolute atomic E-state index is 13.0. The lowest BCUT2D eigenvalue weighted by Gasteiger charge is -2.30. The highest BCUT2D eigenvalue weighted by atomic mass is 79.9. The highest BCUT2D eigenvalue weighted by Gasteiger charge is 2.41. The molecule has 1 aromatic rings. The molecule has 1 unspecified atom stereocenters. The van der Waals surface area contributed by atoms with Crippen LogP contribution in [-0.2, 0) is 17.1 Å². The number of aryl methyl sites for hydroxylation is 1. The van der Waals surface area contributed by atoms with Gasteiger partial charge >= 0.3 is 0 Å². The number of nitrogens with zero attached hydrogens (tertiary/aromatic N) is 4. The Morgan fingerprint density at radius 2 is 2.14 bits per heavy atom. The van der Waals surface area contributed by atoms with Crippen LogP contribution in [0.2, 0.25) is 0 Å². The number of hydrogen-bond acceptors (Lipinski definition) is 5. The van der Waals surface area contributed by atoms with Crippen LogP contribution in [0.4, 0.5) is 0 Å². The average Bonchev–Trinajstić information content (AvgIpc) is 3.22. The Morgan fingerprint density at radius 3 is 2.67 bits per heavy atom. The maximum atomic E-state index is 13.0. The van der Waals surface area contributed by atoms with Crippen molar-refractivity contribution in [2.75, 3.05) is 13.1 Å². The van der Waals surface area contributed by atoms with Crippen LogP contribution in [0.5, 0.6) is 0 Å². The monoisotopic (exact) mass is 377 g/mol. The molecule has 1 aliphatic carbocycles. The quantitative estimate of drug-likeness (QED) is 0.823. The van der Waals surface area contributed by atoms with E-state index < -0.39 is 10.0 Å². The summed E-state index contributed by atoms with van der Waals surface area (Å²) in [6.45, 7) is 1.50. The Labute approximate surface area is 133 Å². The molecule has 0 radical (unpaired) electrons. The highest BCUT2D eigenvalue weighted by Crippen LogP contribution is 2.34. The first-order valence-electron chi connectivity index (χ1n) is 7.30. The first-order valence-corrected chi connectivity index (χ1v) is 9.54. The van der Waals surface area contributed by atoms with Gasteiger partial charge in [-0.2, -0.15) is 4.31 Å². The van der Waals surface area contributed by atoms with Gasteiger partial charge in [0, 0.05) is 25.7 Å². The third-order valence-electron chi connectivity index (χ3n) is 4.06. The van der Waals surface area contributed by atoms with Gasteiger partial charge in [0.05, 0.1) is 0 Å². The number of rotatable bonds is 5. The molecule has 7 nitrogen and oxygen atoms in total. The molecule has 3 rings (SSSR count). The summed E-state index contributed by atoms with van der Waals surface area (Å²) in [6, 6.07) is 0.370. The van der Waals surface area contributed by atoms with E-state index in [1.807, 2.05) is 0 Å². The summed E-state index contributed by atoms with van der Waals surface area (Å²) in [6.07, 6.45) is 5.24. The fourth-order valence-corrected chi connectivity index (χ4v) is 5.58. The van der Waals surface area contributed by atoms with E-state index in [9.17, 15) is 8.42 Å². The van der Waals surface area contributed by atoms with Crippen molar-refractivity contribution < 1.29 is 8.42 Å². The first-order chi connectivity index (χ1) is 10.00. The van der Waals surface area contributed by atoms with Crippen molar-refractivity contribution in [1.29, 1.82) is 0 Å². The van der Waals surface area contributed by atoms with Crippen molar-refractivity contribution in [3.8, 4) is 0 Å². The second-order valence-electron chi connectivity index (χ2n) is 5.76. The normalized spacial score (nSPS) is 23.7. The standard InChI is InChI=1S/C12H20BrN5O2S/c1-17-12(11(13)15-16-17)21(19,20)18(10-5-6-10)8-9-4-2-3-7-14-9/h9-10,14H,2-8H2,1H3. The summed E-state index contributed by atoms with van der Waals surface area (Å²) < 4.78 is 29.2. The molecule has 2 heterocycles. The number of nitrogens with one attached hydrogen (secondary N) is 1. The Balaban J connectivity index is 1.86. The number of halogens is 1. The molecule has 1 aromatic heterocycles. The van der Waals surface area contributed by atoms with Gasteiger partial charge < -0.3 is 5.32 Å². The molecule has 1 atom stereocenters. The van der Waals surface area contributed by atoms with E-state index in [2.05, 4.69) is 31.6 Å². The van der Waals surface area contributed by atoms with Crippen LogP contribution in [0.15, 0.2) is 9.63 Å². The van der Waals surface area contributed by atoms with Crippen molar-refractivity contribution in [1.82, 2.24) is 24.6 Å². The van der Waals surface area contributed by atoms with Crippen molar-refractivity contribution in [3.05, 3.63) is 4.60 Å². The molecular weight excluding hydrogens is 358 g/mol. The topological polar surface area (TPSA) is 80.1 Å². The maximum Gasteiger partial charge on any atom is 0.263 e. The van der Waals surface area contributed by atoms with E-state index in [1.54, 1.807) is 11.4 Å². The van der Waals surface area contributed by atoms with Gasteiger partial charge in [0.1, 0.15) is 0 Å². The summed E-state index contributed by atoms with van der Waals surface area (Å²) in [5.74, 6) is 0. The smallest absolute Gasteiger partial charge is 0.263 e. The molecule has 0 bridgehead atoms. The third-order valence-corrected chi connectivity index (χ3v) is 6.86. The molecule has 0 amide bonds. The number of piperidine rings is 1. The minimum atomic E-state index is -3.57. The van der Waals surface area contributed by atoms with Crippen LogP contribution in [0.1, 0.15) is 32.1 Å². The van der Waals surface area contributed by atoms with Gasteiger partial charge in [-0.1, -0.05) is 11.6 Å². The van der Waals surface area contributed by atoms with Gasteiger partial charge in [0.25, 0.3) is 10.0 Å². The van der Waals surface area contributed by atoms with Crippen LogP contribution in [0.3, 0.4) is 0 Å². The van der Waals surface area contributed by atoms with Crippen LogP contribution in [-0.4, -0.2) is 52.9 Å². The van der Waals surface area contributed by atoms with Crippen molar-refractivity contribution in [2.45, 2.75) is 49.2 Å². The lowest BCUT2D eigenvalue weighted by molar-refractivity contribution is 0.306. The van der Waals surface area contributed by atoms with Gasteiger partial charge in [-0.25, -0.2) is 13.1 Å². The predicted molar refractivity (Wildman–Crippen MR) is 81.3 cm³/mol. The molecule has 2 fully saturated rings. The molecule has 21 heavy (non-hydrogen) atoms. The molecule has 1 aliphatic heterocycles. The zero-order valence-electron chi connectivity index (χ0n) is 12.0. The zero-order valence-corrected chi connectivity index (χ0v) is 14.4. The second-order valence-corrected chi connectivity index (χ2v) is 8.32. The fourth-order valence-electron chi connectivity index (χ4n) is 2.81. The van der Waals surface area contributed by atoms with Gasteiger partial charge in [-0.3, -0.25) is 0 Å². The van der Waals surface area contributed by atoms with E-state index in [-0.39, 0.29) is 21.7 Å². The van der Waals surface area contributed by atoms with Crippen molar-refractivity contribution >= 4 is 26.0 Å². The lowest BCUT2D eigenvalue weighted by Crippen LogP contribution is -2.47. The number of aromatic nitrogens is 3. The molecule has 0 aromatic carbocycles. The van der Waals surface area contributed by atoms with Gasteiger partial charge in [0.15, 0.2) is 4.60 Å². The summed E-state index contributed by atoms with van der Waals surface area (Å²) >= 11 is 3.20. The Bertz CT molecular complexity index is 588. The van der Waals surface area contributed by atoms with Crippen molar-refractivity contribution in [2.24, 2.45) is 7.05 Å². The predicted octanol–water partition coefficient (Wildman–Crippen LogP) is 0.873. The molecule has 1 saturated heterocycles. The molecule has 118 valence electrons. The summed E-state index contributed by atoms with van der Waals surface area (Å²) in [5, 5.41) is 11.2. The van der Waals surface area contributed by atoms with Gasteiger partial charge in [-0.05, 0) is 48.2 Å². The van der Waals surface area contributed by atoms with Crippen LogP contribution in [0.25, 0.3) is 0 Å². The lowest BCUT2D eigenvalue weighted by atomic mass is 10.1. The van der Waals surface area contributed by atoms with E-state index in [0.717, 1.165) is 32.2 Å². The average molecular weight is 378 g/mol. The van der Waals surface area contributed by atoms with Crippen LogP contribution in [0, 0.1) is 0 Å². The second kappa shape index (κ2) is 5.94. The summed E-state index contributed by atoms with van der Waals surface area (Å²) in [7, 11) is -1.97. The Kier molecular flexibility index (Phi) is 4.35. The molecule has 1 N–H and O–H groups in total. The summed E-state index contributed by atoms with van der Waals surface area (Å²) in [4.78, 5) is 0.